The van der Waals surface area contributed by atoms with Crippen LogP contribution in [0.25, 0.3) is 0 Å². The number of rotatable bonds is 3. The summed E-state index contributed by atoms with van der Waals surface area (Å²) in [5.74, 6) is 0.159. The second-order valence-electron chi connectivity index (χ2n) is 4.37. The number of aromatic nitrogens is 1. The maximum Gasteiger partial charge on any atom is 0.220 e. The lowest BCUT2D eigenvalue weighted by Crippen LogP contribution is -2.34. The van der Waals surface area contributed by atoms with Crippen molar-refractivity contribution in [1.82, 2.24) is 4.98 Å². The molecule has 96 valence electrons. The van der Waals surface area contributed by atoms with Crippen LogP contribution in [0.4, 0.5) is 0 Å². The molecule has 0 aromatic carbocycles. The molecule has 2 rings (SSSR count). The van der Waals surface area contributed by atoms with Crippen LogP contribution in [0, 0.1) is 10.1 Å². The first-order chi connectivity index (χ1) is 8.61. The smallest absolute Gasteiger partial charge is 0.220 e. The van der Waals surface area contributed by atoms with Crippen molar-refractivity contribution >= 4 is 5.78 Å². The van der Waals surface area contributed by atoms with Crippen molar-refractivity contribution in [3.05, 3.63) is 34.0 Å². The summed E-state index contributed by atoms with van der Waals surface area (Å²) in [6, 6.07) is 2.70. The molecule has 1 heterocycles. The predicted molar refractivity (Wildman–Crippen MR) is 63.2 cm³/mol. The average Bonchev–Trinajstić information content (AvgIpc) is 2.38. The van der Waals surface area contributed by atoms with Gasteiger partial charge in [0.15, 0.2) is 0 Å². The van der Waals surface area contributed by atoms with Crippen molar-refractivity contribution < 1.29 is 14.5 Å². The molecule has 0 unspecified atom stereocenters. The van der Waals surface area contributed by atoms with E-state index in [4.69, 9.17) is 4.74 Å². The van der Waals surface area contributed by atoms with E-state index in [-0.39, 0.29) is 23.0 Å². The van der Waals surface area contributed by atoms with E-state index in [0.717, 1.165) is 5.56 Å². The Balaban J connectivity index is 2.25. The minimum Gasteiger partial charge on any atom is -0.481 e. The number of Topliss-reactive ketones (excluding diaryl/α,β-unsaturated/α-hetero) is 1. The van der Waals surface area contributed by atoms with Crippen molar-refractivity contribution in [3.63, 3.8) is 0 Å². The van der Waals surface area contributed by atoms with Crippen LogP contribution >= 0.6 is 0 Å². The molecule has 1 aromatic rings. The van der Waals surface area contributed by atoms with Gasteiger partial charge in [-0.15, -0.1) is 0 Å². The predicted octanol–water partition coefficient (Wildman–Crippen LogP) is 1.57. The highest BCUT2D eigenvalue weighted by Crippen LogP contribution is 2.33. The maximum absolute atomic E-state index is 11.5. The fraction of sp³-hybridized carbons (Fsp3) is 0.500. The molecule has 0 bridgehead atoms. The van der Waals surface area contributed by atoms with Gasteiger partial charge in [-0.3, -0.25) is 14.9 Å². The van der Waals surface area contributed by atoms with E-state index in [2.05, 4.69) is 4.98 Å². The van der Waals surface area contributed by atoms with E-state index in [1.165, 1.54) is 7.11 Å². The molecule has 1 saturated carbocycles. The highest BCUT2D eigenvalue weighted by atomic mass is 16.6. The van der Waals surface area contributed by atoms with E-state index >= 15 is 0 Å². The van der Waals surface area contributed by atoms with Crippen molar-refractivity contribution in [3.8, 4) is 5.88 Å². The summed E-state index contributed by atoms with van der Waals surface area (Å²) < 4.78 is 4.94. The lowest BCUT2D eigenvalue weighted by atomic mass is 9.80. The highest BCUT2D eigenvalue weighted by Gasteiger charge is 2.38. The van der Waals surface area contributed by atoms with Gasteiger partial charge in [0.25, 0.3) is 0 Å². The Morgan fingerprint density at radius 1 is 1.50 bits per heavy atom. The number of methoxy groups -OCH3 is 1. The zero-order valence-electron chi connectivity index (χ0n) is 10.0. The van der Waals surface area contributed by atoms with E-state index < -0.39 is 6.04 Å². The molecule has 0 aliphatic heterocycles. The molecule has 0 N–H and O–H groups in total. The van der Waals surface area contributed by atoms with Crippen LogP contribution in [0.15, 0.2) is 18.3 Å². The molecule has 1 aliphatic rings. The Bertz CT molecular complexity index is 458. The van der Waals surface area contributed by atoms with E-state index in [1.54, 1.807) is 18.3 Å². The summed E-state index contributed by atoms with van der Waals surface area (Å²) in [6.45, 7) is 0. The van der Waals surface area contributed by atoms with Gasteiger partial charge in [-0.25, -0.2) is 4.98 Å². The number of ketones is 1. The molecule has 0 amide bonds. The summed E-state index contributed by atoms with van der Waals surface area (Å²) in [5, 5.41) is 11.0. The molecule has 6 heteroatoms. The lowest BCUT2D eigenvalue weighted by molar-refractivity contribution is -0.528. The summed E-state index contributed by atoms with van der Waals surface area (Å²) in [4.78, 5) is 26.2. The molecular formula is C12H14N2O4. The Hall–Kier alpha value is -1.98. The molecule has 1 fully saturated rings. The lowest BCUT2D eigenvalue weighted by Gasteiger charge is -2.24. The van der Waals surface area contributed by atoms with Crippen molar-refractivity contribution in [2.75, 3.05) is 7.11 Å². The number of carbonyl (C=O) groups is 1. The highest BCUT2D eigenvalue weighted by molar-refractivity contribution is 5.80. The monoisotopic (exact) mass is 250 g/mol. The van der Waals surface area contributed by atoms with Crippen molar-refractivity contribution in [2.45, 2.75) is 31.2 Å². The quantitative estimate of drug-likeness (QED) is 0.600. The fourth-order valence-corrected chi connectivity index (χ4v) is 2.32. The second kappa shape index (κ2) is 5.12. The van der Waals surface area contributed by atoms with Crippen LogP contribution in [-0.2, 0) is 4.79 Å². The van der Waals surface area contributed by atoms with Gasteiger partial charge < -0.3 is 4.74 Å². The number of pyridine rings is 1. The van der Waals surface area contributed by atoms with Gasteiger partial charge in [0.1, 0.15) is 5.78 Å². The molecule has 2 atom stereocenters. The van der Waals surface area contributed by atoms with E-state index in [9.17, 15) is 14.9 Å². The van der Waals surface area contributed by atoms with Crippen LogP contribution in [-0.4, -0.2) is 28.8 Å². The average molecular weight is 250 g/mol. The topological polar surface area (TPSA) is 82.3 Å². The number of carbonyl (C=O) groups excluding carboxylic acids is 1. The van der Waals surface area contributed by atoms with Gasteiger partial charge in [-0.2, -0.15) is 0 Å². The third-order valence-corrected chi connectivity index (χ3v) is 3.30. The van der Waals surface area contributed by atoms with Crippen molar-refractivity contribution in [2.24, 2.45) is 0 Å². The van der Waals surface area contributed by atoms with E-state index in [0.29, 0.717) is 18.7 Å². The second-order valence-corrected chi connectivity index (χ2v) is 4.37. The first kappa shape index (κ1) is 12.5. The largest absolute Gasteiger partial charge is 0.481 e. The standard InChI is InChI=1S/C12H14N2O4/c1-18-12-5-2-8(7-13-12)10-6-9(15)3-4-11(10)14(16)17/h2,5,7,10-11H,3-4,6H2,1H3/t10-,11+/m1/s1. The molecular weight excluding hydrogens is 236 g/mol. The molecule has 18 heavy (non-hydrogen) atoms. The minimum atomic E-state index is -0.696. The molecule has 6 nitrogen and oxygen atoms in total. The van der Waals surface area contributed by atoms with Gasteiger partial charge in [0.05, 0.1) is 13.0 Å². The Kier molecular flexibility index (Phi) is 3.55. The van der Waals surface area contributed by atoms with Crippen molar-refractivity contribution in [1.29, 1.82) is 0 Å². The normalized spacial score (nSPS) is 23.7. The minimum absolute atomic E-state index is 0.0777. The zero-order chi connectivity index (χ0) is 13.1. The molecule has 0 spiro atoms. The van der Waals surface area contributed by atoms with Crippen LogP contribution in [0.3, 0.4) is 0 Å². The van der Waals surface area contributed by atoms with Crippen LogP contribution in [0.1, 0.15) is 30.7 Å². The number of ether oxygens (including phenoxy) is 1. The van der Waals surface area contributed by atoms with Gasteiger partial charge >= 0.3 is 0 Å². The first-order valence-electron chi connectivity index (χ1n) is 5.77. The number of nitrogens with zero attached hydrogens (tertiary/aromatic N) is 2. The first-order valence-corrected chi connectivity index (χ1v) is 5.77. The third kappa shape index (κ3) is 2.47. The van der Waals surface area contributed by atoms with Crippen LogP contribution in [0.5, 0.6) is 5.88 Å². The number of hydrogen-bond donors (Lipinski definition) is 0. The molecule has 0 radical (unpaired) electrons. The summed E-state index contributed by atoms with van der Waals surface area (Å²) >= 11 is 0. The molecule has 1 aliphatic carbocycles. The number of nitro groups is 1. The summed E-state index contributed by atoms with van der Waals surface area (Å²) in [7, 11) is 1.51. The Morgan fingerprint density at radius 3 is 2.83 bits per heavy atom. The van der Waals surface area contributed by atoms with Gasteiger partial charge in [0.2, 0.25) is 11.9 Å². The maximum atomic E-state index is 11.5. The van der Waals surface area contributed by atoms with Crippen LogP contribution < -0.4 is 4.74 Å². The van der Waals surface area contributed by atoms with Crippen LogP contribution in [0.2, 0.25) is 0 Å². The third-order valence-electron chi connectivity index (χ3n) is 3.30. The Labute approximate surface area is 104 Å². The molecule has 1 aromatic heterocycles. The summed E-state index contributed by atoms with van der Waals surface area (Å²) in [6.07, 6.45) is 2.38. The number of hydrogen-bond acceptors (Lipinski definition) is 5. The molecule has 0 saturated heterocycles. The van der Waals surface area contributed by atoms with Gasteiger partial charge in [-0.1, -0.05) is 6.07 Å². The SMILES string of the molecule is COc1ccc([C@H]2CC(=O)CC[C@@H]2[N+](=O)[O-])cn1. The zero-order valence-corrected chi connectivity index (χ0v) is 10.0. The Morgan fingerprint density at radius 2 is 2.28 bits per heavy atom. The van der Waals surface area contributed by atoms with E-state index in [1.807, 2.05) is 0 Å². The summed E-state index contributed by atoms with van der Waals surface area (Å²) in [5.41, 5.74) is 0.727. The van der Waals surface area contributed by atoms with Gasteiger partial charge in [-0.05, 0) is 5.56 Å². The van der Waals surface area contributed by atoms with Gasteiger partial charge in [0, 0.05) is 36.4 Å². The fourth-order valence-electron chi connectivity index (χ4n) is 2.32.